The summed E-state index contributed by atoms with van der Waals surface area (Å²) in [6, 6.07) is 13.1. The zero-order chi connectivity index (χ0) is 17.9. The third-order valence-electron chi connectivity index (χ3n) is 3.73. The standard InChI is InChI=1S/C21H22ClFO2/c22-15-3-1-2-4-16-25-20-12-8-18(9-13-20)21(24)14-7-17-5-10-19(23)11-6-17/h5-14H,1-4,15-16H2/b14-7+. The van der Waals surface area contributed by atoms with Crippen LogP contribution in [0.25, 0.3) is 6.08 Å². The van der Waals surface area contributed by atoms with Gasteiger partial charge in [0.25, 0.3) is 0 Å². The molecule has 0 bridgehead atoms. The topological polar surface area (TPSA) is 26.3 Å². The third kappa shape index (κ3) is 7.10. The van der Waals surface area contributed by atoms with Crippen molar-refractivity contribution in [3.05, 3.63) is 71.6 Å². The predicted octanol–water partition coefficient (Wildman–Crippen LogP) is 5.90. The fourth-order valence-corrected chi connectivity index (χ4v) is 2.49. The molecule has 2 aromatic rings. The molecule has 0 fully saturated rings. The van der Waals surface area contributed by atoms with Gasteiger partial charge in [-0.15, -0.1) is 11.6 Å². The molecule has 0 aliphatic rings. The van der Waals surface area contributed by atoms with Crippen LogP contribution < -0.4 is 4.74 Å². The Hall–Kier alpha value is -2.13. The van der Waals surface area contributed by atoms with Gasteiger partial charge in [-0.2, -0.15) is 0 Å². The summed E-state index contributed by atoms with van der Waals surface area (Å²) in [5.41, 5.74) is 1.37. The van der Waals surface area contributed by atoms with Crippen LogP contribution >= 0.6 is 11.6 Å². The Morgan fingerprint density at radius 3 is 2.32 bits per heavy atom. The summed E-state index contributed by atoms with van der Waals surface area (Å²) < 4.78 is 18.5. The lowest BCUT2D eigenvalue weighted by molar-refractivity contribution is 0.104. The zero-order valence-electron chi connectivity index (χ0n) is 14.1. The van der Waals surface area contributed by atoms with E-state index in [1.54, 1.807) is 42.5 Å². The average molecular weight is 361 g/mol. The number of unbranched alkanes of at least 4 members (excludes halogenated alkanes) is 3. The van der Waals surface area contributed by atoms with Crippen molar-refractivity contribution in [3.63, 3.8) is 0 Å². The first-order valence-corrected chi connectivity index (χ1v) is 8.99. The predicted molar refractivity (Wildman–Crippen MR) is 101 cm³/mol. The van der Waals surface area contributed by atoms with Crippen LogP contribution in [-0.4, -0.2) is 18.3 Å². The lowest BCUT2D eigenvalue weighted by Crippen LogP contribution is -1.99. The Bertz CT molecular complexity index is 678. The minimum absolute atomic E-state index is 0.100. The minimum atomic E-state index is -0.293. The maximum absolute atomic E-state index is 12.8. The monoisotopic (exact) mass is 360 g/mol. The number of halogens is 2. The zero-order valence-corrected chi connectivity index (χ0v) is 14.8. The molecule has 4 heteroatoms. The summed E-state index contributed by atoms with van der Waals surface area (Å²) in [5.74, 6) is 1.08. The van der Waals surface area contributed by atoms with Gasteiger partial charge in [-0.25, -0.2) is 4.39 Å². The van der Waals surface area contributed by atoms with Gasteiger partial charge in [0.2, 0.25) is 0 Å². The smallest absolute Gasteiger partial charge is 0.185 e. The van der Waals surface area contributed by atoms with E-state index in [1.807, 2.05) is 0 Å². The van der Waals surface area contributed by atoms with E-state index in [0.29, 0.717) is 18.1 Å². The number of hydrogen-bond donors (Lipinski definition) is 0. The van der Waals surface area contributed by atoms with Crippen molar-refractivity contribution in [1.82, 2.24) is 0 Å². The average Bonchev–Trinajstić information content (AvgIpc) is 2.64. The van der Waals surface area contributed by atoms with E-state index in [4.69, 9.17) is 16.3 Å². The molecule has 0 saturated heterocycles. The first-order chi connectivity index (χ1) is 12.2. The summed E-state index contributed by atoms with van der Waals surface area (Å²) in [6.07, 6.45) is 7.44. The molecule has 0 N–H and O–H groups in total. The van der Waals surface area contributed by atoms with Gasteiger partial charge < -0.3 is 4.74 Å². The largest absolute Gasteiger partial charge is 0.494 e. The lowest BCUT2D eigenvalue weighted by Gasteiger charge is -2.06. The number of ketones is 1. The highest BCUT2D eigenvalue weighted by Gasteiger charge is 2.02. The van der Waals surface area contributed by atoms with Crippen molar-refractivity contribution in [3.8, 4) is 5.75 Å². The highest BCUT2D eigenvalue weighted by Crippen LogP contribution is 2.14. The summed E-state index contributed by atoms with van der Waals surface area (Å²) in [4.78, 5) is 12.1. The molecule has 2 nitrogen and oxygen atoms in total. The van der Waals surface area contributed by atoms with Crippen LogP contribution in [0.3, 0.4) is 0 Å². The van der Waals surface area contributed by atoms with Crippen molar-refractivity contribution in [1.29, 1.82) is 0 Å². The van der Waals surface area contributed by atoms with E-state index in [0.717, 1.165) is 37.0 Å². The maximum Gasteiger partial charge on any atom is 0.185 e. The Morgan fingerprint density at radius 2 is 1.64 bits per heavy atom. The molecule has 0 saturated carbocycles. The van der Waals surface area contributed by atoms with Gasteiger partial charge in [0, 0.05) is 11.4 Å². The molecule has 2 aromatic carbocycles. The highest BCUT2D eigenvalue weighted by molar-refractivity contribution is 6.17. The van der Waals surface area contributed by atoms with E-state index < -0.39 is 0 Å². The number of ether oxygens (including phenoxy) is 1. The van der Waals surface area contributed by atoms with E-state index >= 15 is 0 Å². The quantitative estimate of drug-likeness (QED) is 0.228. The van der Waals surface area contributed by atoms with E-state index in [1.165, 1.54) is 18.2 Å². The Labute approximate surface area is 153 Å². The second-order valence-corrected chi connectivity index (χ2v) is 6.10. The van der Waals surface area contributed by atoms with Crippen molar-refractivity contribution in [2.24, 2.45) is 0 Å². The molecule has 0 atom stereocenters. The van der Waals surface area contributed by atoms with Crippen LogP contribution in [0.2, 0.25) is 0 Å². The molecule has 132 valence electrons. The summed E-state index contributed by atoms with van der Waals surface area (Å²) >= 11 is 5.64. The molecule has 0 aliphatic carbocycles. The Kier molecular flexibility index (Phi) is 8.20. The van der Waals surface area contributed by atoms with Gasteiger partial charge in [-0.05, 0) is 60.9 Å². The normalized spacial score (nSPS) is 11.0. The number of carbonyl (C=O) groups is 1. The molecule has 0 aliphatic heterocycles. The maximum atomic E-state index is 12.8. The van der Waals surface area contributed by atoms with Crippen molar-refractivity contribution in [2.75, 3.05) is 12.5 Å². The fraction of sp³-hybridized carbons (Fsp3) is 0.286. The molecular formula is C21H22ClFO2. The van der Waals surface area contributed by atoms with Crippen molar-refractivity contribution in [2.45, 2.75) is 25.7 Å². The van der Waals surface area contributed by atoms with Crippen LogP contribution in [0, 0.1) is 5.82 Å². The van der Waals surface area contributed by atoms with E-state index in [9.17, 15) is 9.18 Å². The van der Waals surface area contributed by atoms with Gasteiger partial charge in [0.05, 0.1) is 6.61 Å². The summed E-state index contributed by atoms with van der Waals surface area (Å²) in [5, 5.41) is 0. The van der Waals surface area contributed by atoms with Crippen LogP contribution in [0.5, 0.6) is 5.75 Å². The van der Waals surface area contributed by atoms with Crippen molar-refractivity contribution < 1.29 is 13.9 Å². The first-order valence-electron chi connectivity index (χ1n) is 8.46. The fourth-order valence-electron chi connectivity index (χ4n) is 2.30. The molecule has 0 amide bonds. The van der Waals surface area contributed by atoms with Gasteiger partial charge in [0.15, 0.2) is 5.78 Å². The molecule has 0 spiro atoms. The number of allylic oxidation sites excluding steroid dienone is 1. The molecule has 25 heavy (non-hydrogen) atoms. The van der Waals surface area contributed by atoms with Gasteiger partial charge in [-0.1, -0.05) is 31.1 Å². The van der Waals surface area contributed by atoms with Crippen molar-refractivity contribution >= 4 is 23.5 Å². The number of alkyl halides is 1. The molecule has 0 aromatic heterocycles. The second-order valence-electron chi connectivity index (χ2n) is 5.73. The van der Waals surface area contributed by atoms with Gasteiger partial charge in [0.1, 0.15) is 11.6 Å². The van der Waals surface area contributed by atoms with E-state index in [2.05, 4.69) is 0 Å². The van der Waals surface area contributed by atoms with Crippen LogP contribution in [0.1, 0.15) is 41.6 Å². The number of rotatable bonds is 10. The third-order valence-corrected chi connectivity index (χ3v) is 4.00. The molecule has 0 radical (unpaired) electrons. The number of hydrogen-bond acceptors (Lipinski definition) is 2. The second kappa shape index (κ2) is 10.7. The molecule has 2 rings (SSSR count). The molecule has 0 heterocycles. The Balaban J connectivity index is 1.80. The van der Waals surface area contributed by atoms with Gasteiger partial charge >= 0.3 is 0 Å². The highest BCUT2D eigenvalue weighted by atomic mass is 35.5. The molecular weight excluding hydrogens is 339 g/mol. The number of carbonyl (C=O) groups excluding carboxylic acids is 1. The minimum Gasteiger partial charge on any atom is -0.494 e. The van der Waals surface area contributed by atoms with Crippen LogP contribution in [-0.2, 0) is 0 Å². The SMILES string of the molecule is O=C(/C=C/c1ccc(F)cc1)c1ccc(OCCCCCCCl)cc1. The lowest BCUT2D eigenvalue weighted by atomic mass is 10.1. The number of benzene rings is 2. The van der Waals surface area contributed by atoms with Crippen LogP contribution in [0.4, 0.5) is 4.39 Å². The van der Waals surface area contributed by atoms with E-state index in [-0.39, 0.29) is 11.6 Å². The Morgan fingerprint density at radius 1 is 0.960 bits per heavy atom. The summed E-state index contributed by atoms with van der Waals surface area (Å²) in [6.45, 7) is 0.667. The first kappa shape index (κ1) is 19.2. The van der Waals surface area contributed by atoms with Gasteiger partial charge in [-0.3, -0.25) is 4.79 Å². The molecule has 0 unspecified atom stereocenters. The summed E-state index contributed by atoms with van der Waals surface area (Å²) in [7, 11) is 0. The van der Waals surface area contributed by atoms with Crippen LogP contribution in [0.15, 0.2) is 54.6 Å².